The number of aliphatic hydroxyl groups is 1. The Balaban J connectivity index is 1.79. The van der Waals surface area contributed by atoms with Gasteiger partial charge in [0.15, 0.2) is 0 Å². The molecule has 0 radical (unpaired) electrons. The molecule has 1 atom stereocenters. The molecule has 0 fully saturated rings. The van der Waals surface area contributed by atoms with Crippen LogP contribution in [0.1, 0.15) is 22.8 Å². The highest BCUT2D eigenvalue weighted by Crippen LogP contribution is 2.21. The molecule has 23 heavy (non-hydrogen) atoms. The van der Waals surface area contributed by atoms with Gasteiger partial charge in [-0.1, -0.05) is 36.4 Å². The van der Waals surface area contributed by atoms with Crippen LogP contribution >= 0.6 is 0 Å². The second kappa shape index (κ2) is 5.85. The first-order chi connectivity index (χ1) is 11.0. The van der Waals surface area contributed by atoms with Crippen molar-refractivity contribution in [1.29, 1.82) is 0 Å². The Bertz CT molecular complexity index is 847. The number of benzene rings is 2. The summed E-state index contributed by atoms with van der Waals surface area (Å²) in [6.07, 6.45) is 3.34. The highest BCUT2D eigenvalue weighted by molar-refractivity contribution is 6.07. The summed E-state index contributed by atoms with van der Waals surface area (Å²) >= 11 is 0. The molecule has 5 nitrogen and oxygen atoms in total. The van der Waals surface area contributed by atoms with E-state index in [0.717, 1.165) is 10.8 Å². The van der Waals surface area contributed by atoms with E-state index in [-0.39, 0.29) is 12.5 Å². The third-order valence-corrected chi connectivity index (χ3v) is 3.95. The van der Waals surface area contributed by atoms with Crippen LogP contribution in [0.4, 0.5) is 0 Å². The van der Waals surface area contributed by atoms with Crippen molar-refractivity contribution in [3.63, 3.8) is 0 Å². The molecule has 3 aromatic rings. The Morgan fingerprint density at radius 3 is 2.74 bits per heavy atom. The van der Waals surface area contributed by atoms with E-state index in [2.05, 4.69) is 10.4 Å². The maximum Gasteiger partial charge on any atom is 0.252 e. The summed E-state index contributed by atoms with van der Waals surface area (Å²) in [7, 11) is 1.79. The summed E-state index contributed by atoms with van der Waals surface area (Å²) in [4.78, 5) is 12.5. The van der Waals surface area contributed by atoms with Gasteiger partial charge < -0.3 is 10.4 Å². The van der Waals surface area contributed by atoms with Crippen molar-refractivity contribution in [3.8, 4) is 0 Å². The van der Waals surface area contributed by atoms with Gasteiger partial charge in [-0.15, -0.1) is 0 Å². The van der Waals surface area contributed by atoms with Gasteiger partial charge in [-0.05, 0) is 23.8 Å². The largest absolute Gasteiger partial charge is 0.383 e. The number of hydrogen-bond acceptors (Lipinski definition) is 3. The Hall–Kier alpha value is -2.66. The molecule has 0 spiro atoms. The monoisotopic (exact) mass is 309 g/mol. The summed E-state index contributed by atoms with van der Waals surface area (Å²) in [5, 5.41) is 19.3. The lowest BCUT2D eigenvalue weighted by atomic mass is 9.99. The molecule has 5 heteroatoms. The van der Waals surface area contributed by atoms with Crippen LogP contribution in [-0.2, 0) is 12.6 Å². The minimum atomic E-state index is -1.17. The standard InChI is InChI=1S/C18H19N3O2/c1-18(23,14-10-20-21(2)11-14)12-19-17(22)16-9-5-7-13-6-3-4-8-15(13)16/h3-11,23H,12H2,1-2H3,(H,19,22). The van der Waals surface area contributed by atoms with Gasteiger partial charge in [0.2, 0.25) is 0 Å². The lowest BCUT2D eigenvalue weighted by Gasteiger charge is -2.22. The Morgan fingerprint density at radius 1 is 1.26 bits per heavy atom. The molecular weight excluding hydrogens is 290 g/mol. The molecular formula is C18H19N3O2. The molecule has 3 rings (SSSR count). The Kier molecular flexibility index (Phi) is 3.88. The number of nitrogens with one attached hydrogen (secondary N) is 1. The van der Waals surface area contributed by atoms with Crippen LogP contribution in [0.5, 0.6) is 0 Å². The smallest absolute Gasteiger partial charge is 0.252 e. The van der Waals surface area contributed by atoms with Gasteiger partial charge in [-0.25, -0.2) is 0 Å². The lowest BCUT2D eigenvalue weighted by Crippen LogP contribution is -2.38. The van der Waals surface area contributed by atoms with Gasteiger partial charge in [0.25, 0.3) is 5.91 Å². The van der Waals surface area contributed by atoms with E-state index in [4.69, 9.17) is 0 Å². The Labute approximate surface area is 134 Å². The highest BCUT2D eigenvalue weighted by Gasteiger charge is 2.25. The molecule has 2 aromatic carbocycles. The number of rotatable bonds is 4. The summed E-state index contributed by atoms with van der Waals surface area (Å²) in [6.45, 7) is 1.77. The first kappa shape index (κ1) is 15.2. The van der Waals surface area contributed by atoms with Gasteiger partial charge in [0.05, 0.1) is 12.7 Å². The minimum absolute atomic E-state index is 0.112. The lowest BCUT2D eigenvalue weighted by molar-refractivity contribution is 0.0526. The Morgan fingerprint density at radius 2 is 2.00 bits per heavy atom. The molecule has 0 saturated carbocycles. The number of carbonyl (C=O) groups is 1. The molecule has 0 aliphatic rings. The predicted octanol–water partition coefficient (Wildman–Crippen LogP) is 2.21. The van der Waals surface area contributed by atoms with Crippen LogP contribution in [0.15, 0.2) is 54.9 Å². The van der Waals surface area contributed by atoms with Crippen LogP contribution in [-0.4, -0.2) is 27.3 Å². The van der Waals surface area contributed by atoms with Crippen LogP contribution in [0.25, 0.3) is 10.8 Å². The zero-order valence-corrected chi connectivity index (χ0v) is 13.2. The van der Waals surface area contributed by atoms with Crippen molar-refractivity contribution < 1.29 is 9.90 Å². The van der Waals surface area contributed by atoms with Crippen LogP contribution < -0.4 is 5.32 Å². The summed E-state index contributed by atoms with van der Waals surface area (Å²) < 4.78 is 1.62. The van der Waals surface area contributed by atoms with Crippen LogP contribution in [0, 0.1) is 0 Å². The molecule has 0 bridgehead atoms. The number of amides is 1. The molecule has 118 valence electrons. The predicted molar refractivity (Wildman–Crippen MR) is 89.1 cm³/mol. The van der Waals surface area contributed by atoms with E-state index < -0.39 is 5.60 Å². The SMILES string of the molecule is Cn1cc(C(C)(O)CNC(=O)c2cccc3ccccc23)cn1. The van der Waals surface area contributed by atoms with Crippen molar-refractivity contribution in [1.82, 2.24) is 15.1 Å². The van der Waals surface area contributed by atoms with Crippen molar-refractivity contribution in [2.75, 3.05) is 6.54 Å². The number of carbonyl (C=O) groups excluding carboxylic acids is 1. The van der Waals surface area contributed by atoms with Gasteiger partial charge in [0.1, 0.15) is 5.60 Å². The van der Waals surface area contributed by atoms with Crippen LogP contribution in [0.3, 0.4) is 0 Å². The van der Waals surface area contributed by atoms with Gasteiger partial charge in [0, 0.05) is 24.4 Å². The molecule has 1 unspecified atom stereocenters. The van der Waals surface area contributed by atoms with Gasteiger partial charge in [-0.3, -0.25) is 9.48 Å². The van der Waals surface area contributed by atoms with E-state index in [1.165, 1.54) is 0 Å². The second-order valence-electron chi connectivity index (χ2n) is 5.89. The quantitative estimate of drug-likeness (QED) is 0.776. The van der Waals surface area contributed by atoms with Crippen molar-refractivity contribution in [3.05, 3.63) is 66.0 Å². The van der Waals surface area contributed by atoms with Crippen molar-refractivity contribution in [2.45, 2.75) is 12.5 Å². The van der Waals surface area contributed by atoms with E-state index in [1.807, 2.05) is 36.4 Å². The first-order valence-electron chi connectivity index (χ1n) is 7.45. The van der Waals surface area contributed by atoms with E-state index in [1.54, 1.807) is 37.1 Å². The summed E-state index contributed by atoms with van der Waals surface area (Å²) in [5.41, 5.74) is 0.0948. The minimum Gasteiger partial charge on any atom is -0.383 e. The average molecular weight is 309 g/mol. The van der Waals surface area contributed by atoms with Gasteiger partial charge >= 0.3 is 0 Å². The van der Waals surface area contributed by atoms with E-state index in [9.17, 15) is 9.90 Å². The fourth-order valence-corrected chi connectivity index (χ4v) is 2.57. The zero-order valence-electron chi connectivity index (χ0n) is 13.2. The summed E-state index contributed by atoms with van der Waals surface area (Å²) in [6, 6.07) is 13.4. The fraction of sp³-hybridized carbons (Fsp3) is 0.222. The zero-order chi connectivity index (χ0) is 16.4. The molecule has 0 saturated heterocycles. The van der Waals surface area contributed by atoms with Crippen LogP contribution in [0.2, 0.25) is 0 Å². The number of nitrogens with zero attached hydrogens (tertiary/aromatic N) is 2. The van der Waals surface area contributed by atoms with E-state index >= 15 is 0 Å². The maximum atomic E-state index is 12.5. The second-order valence-corrected chi connectivity index (χ2v) is 5.89. The van der Waals surface area contributed by atoms with E-state index in [0.29, 0.717) is 11.1 Å². The topological polar surface area (TPSA) is 67.2 Å². The first-order valence-corrected chi connectivity index (χ1v) is 7.45. The maximum absolute atomic E-state index is 12.5. The van der Waals surface area contributed by atoms with Crippen molar-refractivity contribution in [2.24, 2.45) is 7.05 Å². The molecule has 0 aliphatic carbocycles. The number of aryl methyl sites for hydroxylation is 1. The molecule has 2 N–H and O–H groups in total. The molecule has 0 aliphatic heterocycles. The molecule has 1 aromatic heterocycles. The normalized spacial score (nSPS) is 13.7. The van der Waals surface area contributed by atoms with Crippen molar-refractivity contribution >= 4 is 16.7 Å². The highest BCUT2D eigenvalue weighted by atomic mass is 16.3. The average Bonchev–Trinajstić information content (AvgIpc) is 2.99. The van der Waals surface area contributed by atoms with Gasteiger partial charge in [-0.2, -0.15) is 5.10 Å². The molecule has 1 heterocycles. The number of hydrogen-bond donors (Lipinski definition) is 2. The fourth-order valence-electron chi connectivity index (χ4n) is 2.57. The summed E-state index contributed by atoms with van der Waals surface area (Å²) in [5.74, 6) is -0.203. The third-order valence-electron chi connectivity index (χ3n) is 3.95. The number of aromatic nitrogens is 2. The molecule has 1 amide bonds. The number of fused-ring (bicyclic) bond motifs is 1. The third kappa shape index (κ3) is 3.10.